The molecule has 0 atom stereocenters. The zero-order chi connectivity index (χ0) is 17.2. The summed E-state index contributed by atoms with van der Waals surface area (Å²) in [7, 11) is -1.98. The molecule has 5 heteroatoms. The fraction of sp³-hybridized carbons (Fsp3) is 0.833. The number of hydrogen-bond acceptors (Lipinski definition) is 4. The minimum absolute atomic E-state index is 0.260. The van der Waals surface area contributed by atoms with Crippen LogP contribution in [0.1, 0.15) is 96.8 Å². The molecule has 2 N–H and O–H groups in total. The third kappa shape index (κ3) is 19.1. The van der Waals surface area contributed by atoms with Crippen LogP contribution in [-0.2, 0) is 9.45 Å². The lowest BCUT2D eigenvalue weighted by Gasteiger charge is -2.03. The van der Waals surface area contributed by atoms with Crippen molar-refractivity contribution in [2.45, 2.75) is 96.8 Å². The van der Waals surface area contributed by atoms with Gasteiger partial charge in [0, 0.05) is 6.42 Å². The Morgan fingerprint density at radius 3 is 1.83 bits per heavy atom. The second-order valence-corrected chi connectivity index (χ2v) is 6.15. The van der Waals surface area contributed by atoms with Crippen molar-refractivity contribution in [1.29, 1.82) is 0 Å². The smallest absolute Gasteiger partial charge is 0.485 e. The predicted molar refractivity (Wildman–Crippen MR) is 95.7 cm³/mol. The molecule has 0 rings (SSSR count). The van der Waals surface area contributed by atoms with Crippen molar-refractivity contribution >= 4 is 13.3 Å². The number of carbonyl (C=O) groups excluding carboxylic acids is 1. The molecule has 0 heterocycles. The number of unbranched alkanes of at least 4 members (excludes halogenated alkanes) is 11. The van der Waals surface area contributed by atoms with Gasteiger partial charge in [-0.05, 0) is 32.1 Å². The summed E-state index contributed by atoms with van der Waals surface area (Å²) in [5, 5.41) is 16.9. The lowest BCUT2D eigenvalue weighted by atomic mass is 10.1. The van der Waals surface area contributed by atoms with E-state index in [0.717, 1.165) is 25.7 Å². The largest absolute Gasteiger partial charge is 0.709 e. The third-order valence-corrected chi connectivity index (χ3v) is 3.88. The molecule has 0 unspecified atom stereocenters. The summed E-state index contributed by atoms with van der Waals surface area (Å²) in [4.78, 5) is 11.0. The Morgan fingerprint density at radius 2 is 1.30 bits per heavy atom. The van der Waals surface area contributed by atoms with E-state index in [1.165, 1.54) is 57.8 Å². The van der Waals surface area contributed by atoms with Gasteiger partial charge in [-0.25, -0.2) is 0 Å². The Labute approximate surface area is 142 Å². The fourth-order valence-electron chi connectivity index (χ4n) is 2.52. The van der Waals surface area contributed by atoms with Crippen LogP contribution < -0.4 is 0 Å². The monoisotopic (exact) mass is 326 g/mol. The second kappa shape index (κ2) is 17.5. The Kier molecular flexibility index (Phi) is 16.9. The molecule has 0 aromatic heterocycles. The number of hydrogen-bond donors (Lipinski definition) is 2. The Balaban J connectivity index is 3.18. The van der Waals surface area contributed by atoms with Crippen LogP contribution in [0.25, 0.3) is 0 Å². The molecule has 134 valence electrons. The summed E-state index contributed by atoms with van der Waals surface area (Å²) in [6.45, 7) is 2.25. The summed E-state index contributed by atoms with van der Waals surface area (Å²) in [6.07, 6.45) is 20.6. The lowest BCUT2D eigenvalue weighted by molar-refractivity contribution is -0.137. The van der Waals surface area contributed by atoms with E-state index >= 15 is 0 Å². The van der Waals surface area contributed by atoms with Gasteiger partial charge < -0.3 is 14.7 Å². The first kappa shape index (κ1) is 22.2. The van der Waals surface area contributed by atoms with Crippen molar-refractivity contribution < 1.29 is 19.5 Å². The lowest BCUT2D eigenvalue weighted by Crippen LogP contribution is -2.21. The summed E-state index contributed by atoms with van der Waals surface area (Å²) in [6, 6.07) is 0. The van der Waals surface area contributed by atoms with Gasteiger partial charge in [0.2, 0.25) is 0 Å². The number of rotatable bonds is 16. The van der Waals surface area contributed by atoms with Crippen LogP contribution in [0.2, 0.25) is 0 Å². The van der Waals surface area contributed by atoms with Crippen molar-refractivity contribution in [3.05, 3.63) is 12.2 Å². The van der Waals surface area contributed by atoms with Crippen LogP contribution in [0.3, 0.4) is 0 Å². The molecule has 0 bridgehead atoms. The van der Waals surface area contributed by atoms with E-state index in [4.69, 9.17) is 10.0 Å². The van der Waals surface area contributed by atoms with Gasteiger partial charge in [0.1, 0.15) is 0 Å². The normalized spacial score (nSPS) is 11.1. The van der Waals surface area contributed by atoms with Crippen molar-refractivity contribution in [2.24, 2.45) is 0 Å². The van der Waals surface area contributed by atoms with Crippen LogP contribution in [-0.4, -0.2) is 23.3 Å². The van der Waals surface area contributed by atoms with Crippen molar-refractivity contribution in [1.82, 2.24) is 0 Å². The average Bonchev–Trinajstić information content (AvgIpc) is 2.50. The molecule has 0 aliphatic heterocycles. The molecule has 0 aliphatic rings. The summed E-state index contributed by atoms with van der Waals surface area (Å²) in [5.41, 5.74) is 0. The van der Waals surface area contributed by atoms with Gasteiger partial charge in [0.15, 0.2) is 0 Å². The molecule has 4 nitrogen and oxygen atoms in total. The van der Waals surface area contributed by atoms with Gasteiger partial charge in [0.25, 0.3) is 5.97 Å². The van der Waals surface area contributed by atoms with E-state index in [1.54, 1.807) is 0 Å². The van der Waals surface area contributed by atoms with Gasteiger partial charge in [-0.3, -0.25) is 4.79 Å². The summed E-state index contributed by atoms with van der Waals surface area (Å²) in [5.74, 6) is -0.544. The fourth-order valence-corrected chi connectivity index (χ4v) is 2.52. The topological polar surface area (TPSA) is 66.8 Å². The van der Waals surface area contributed by atoms with Crippen LogP contribution in [0.5, 0.6) is 0 Å². The maximum Gasteiger partial charge on any atom is 0.709 e. The third-order valence-electron chi connectivity index (χ3n) is 3.88. The molecule has 0 aromatic rings. The molecule has 23 heavy (non-hydrogen) atoms. The SMILES string of the molecule is CCCCCCCC/C=C\CCCCCCCC(=O)OB(O)O. The number of carbonyl (C=O) groups is 1. The standard InChI is InChI=1S/C18H35BO4/c1-2-3-4-5-6-7-8-9-10-11-12-13-14-15-16-17-18(20)23-19(21)22/h9-10,21-22H,2-8,11-17H2,1H3/b10-9-. The van der Waals surface area contributed by atoms with E-state index in [9.17, 15) is 4.79 Å². The number of allylic oxidation sites excluding steroid dienone is 2. The van der Waals surface area contributed by atoms with Gasteiger partial charge in [-0.2, -0.15) is 0 Å². The molecule has 0 saturated carbocycles. The molecule has 0 radical (unpaired) electrons. The van der Waals surface area contributed by atoms with E-state index < -0.39 is 13.3 Å². The van der Waals surface area contributed by atoms with E-state index in [1.807, 2.05) is 0 Å². The second-order valence-electron chi connectivity index (χ2n) is 6.15. The van der Waals surface area contributed by atoms with Crippen molar-refractivity contribution in [3.63, 3.8) is 0 Å². The maximum absolute atomic E-state index is 11.0. The van der Waals surface area contributed by atoms with E-state index in [2.05, 4.69) is 23.7 Å². The molecule has 0 spiro atoms. The van der Waals surface area contributed by atoms with E-state index in [0.29, 0.717) is 0 Å². The quantitative estimate of drug-likeness (QED) is 0.248. The minimum Gasteiger partial charge on any atom is -0.485 e. The van der Waals surface area contributed by atoms with Gasteiger partial charge in [-0.1, -0.05) is 70.4 Å². The van der Waals surface area contributed by atoms with Gasteiger partial charge in [-0.15, -0.1) is 0 Å². The molecule has 0 fully saturated rings. The highest BCUT2D eigenvalue weighted by Gasteiger charge is 2.14. The Hall–Kier alpha value is -0.805. The van der Waals surface area contributed by atoms with Crippen molar-refractivity contribution in [2.75, 3.05) is 0 Å². The van der Waals surface area contributed by atoms with Crippen LogP contribution in [0, 0.1) is 0 Å². The average molecular weight is 326 g/mol. The molecule has 0 amide bonds. The first-order chi connectivity index (χ1) is 11.2. The van der Waals surface area contributed by atoms with Crippen molar-refractivity contribution in [3.8, 4) is 0 Å². The van der Waals surface area contributed by atoms with Gasteiger partial charge in [0.05, 0.1) is 0 Å². The molecule has 0 saturated heterocycles. The summed E-state index contributed by atoms with van der Waals surface area (Å²) >= 11 is 0. The first-order valence-electron chi connectivity index (χ1n) is 9.37. The van der Waals surface area contributed by atoms with Crippen LogP contribution in [0.4, 0.5) is 0 Å². The Morgan fingerprint density at radius 1 is 0.826 bits per heavy atom. The van der Waals surface area contributed by atoms with Crippen LogP contribution >= 0.6 is 0 Å². The summed E-state index contributed by atoms with van der Waals surface area (Å²) < 4.78 is 4.23. The molecule has 0 aliphatic carbocycles. The first-order valence-corrected chi connectivity index (χ1v) is 9.37. The predicted octanol–water partition coefficient (Wildman–Crippen LogP) is 4.54. The maximum atomic E-state index is 11.0. The molecular formula is C18H35BO4. The molecular weight excluding hydrogens is 291 g/mol. The minimum atomic E-state index is -1.98. The highest BCUT2D eigenvalue weighted by molar-refractivity contribution is 6.35. The Bertz CT molecular complexity index is 293. The highest BCUT2D eigenvalue weighted by Crippen LogP contribution is 2.10. The van der Waals surface area contributed by atoms with E-state index in [-0.39, 0.29) is 6.42 Å². The highest BCUT2D eigenvalue weighted by atomic mass is 16.6. The zero-order valence-electron chi connectivity index (χ0n) is 14.8. The van der Waals surface area contributed by atoms with Gasteiger partial charge >= 0.3 is 7.32 Å². The van der Waals surface area contributed by atoms with Crippen LogP contribution in [0.15, 0.2) is 12.2 Å². The molecule has 0 aromatic carbocycles. The zero-order valence-corrected chi connectivity index (χ0v) is 14.8.